The Labute approximate surface area is 155 Å². The van der Waals surface area contributed by atoms with E-state index in [0.717, 1.165) is 24.0 Å². The largest absolute Gasteiger partial charge is 0.352 e. The van der Waals surface area contributed by atoms with Crippen molar-refractivity contribution in [1.29, 1.82) is 0 Å². The number of benzene rings is 1. The second kappa shape index (κ2) is 8.03. The average Bonchev–Trinajstić information content (AvgIpc) is 3.41. The SMILES string of the molecule is Cc1ccc(C(N)C(=O)NC2CCN(S(=O)(=O)C3CC3)CC2)cc1.Cl. The summed E-state index contributed by atoms with van der Waals surface area (Å²) in [6, 6.07) is 6.89. The Morgan fingerprint density at radius 3 is 2.24 bits per heavy atom. The summed E-state index contributed by atoms with van der Waals surface area (Å²) in [7, 11) is -3.11. The molecule has 1 aliphatic heterocycles. The minimum Gasteiger partial charge on any atom is -0.352 e. The molecule has 1 saturated heterocycles. The van der Waals surface area contributed by atoms with Gasteiger partial charge in [0.1, 0.15) is 6.04 Å². The topological polar surface area (TPSA) is 92.5 Å². The summed E-state index contributed by atoms with van der Waals surface area (Å²) in [4.78, 5) is 12.3. The first-order chi connectivity index (χ1) is 11.4. The lowest BCUT2D eigenvalue weighted by Crippen LogP contribution is -2.49. The average molecular weight is 388 g/mol. The minimum atomic E-state index is -3.11. The first-order valence-electron chi connectivity index (χ1n) is 8.49. The van der Waals surface area contributed by atoms with Gasteiger partial charge < -0.3 is 11.1 Å². The molecule has 6 nitrogen and oxygen atoms in total. The highest BCUT2D eigenvalue weighted by atomic mass is 35.5. The van der Waals surface area contributed by atoms with E-state index in [1.807, 2.05) is 31.2 Å². The smallest absolute Gasteiger partial charge is 0.241 e. The highest BCUT2D eigenvalue weighted by Gasteiger charge is 2.41. The van der Waals surface area contributed by atoms with Gasteiger partial charge in [-0.3, -0.25) is 4.79 Å². The Kier molecular flexibility index (Phi) is 6.48. The number of sulfonamides is 1. The van der Waals surface area contributed by atoms with Gasteiger partial charge in [-0.05, 0) is 38.2 Å². The van der Waals surface area contributed by atoms with Gasteiger partial charge in [0.15, 0.2) is 0 Å². The van der Waals surface area contributed by atoms with Gasteiger partial charge in [-0.15, -0.1) is 12.4 Å². The number of piperidine rings is 1. The van der Waals surface area contributed by atoms with Crippen molar-refractivity contribution in [3.8, 4) is 0 Å². The second-order valence-corrected chi connectivity index (χ2v) is 9.03. The number of carbonyl (C=O) groups excluding carboxylic acids is 1. The van der Waals surface area contributed by atoms with Crippen LogP contribution < -0.4 is 11.1 Å². The first kappa shape index (κ1) is 20.2. The molecule has 1 saturated carbocycles. The summed E-state index contributed by atoms with van der Waals surface area (Å²) in [6.45, 7) is 2.94. The van der Waals surface area contributed by atoms with Gasteiger partial charge in [-0.2, -0.15) is 0 Å². The third kappa shape index (κ3) is 4.73. The summed E-state index contributed by atoms with van der Waals surface area (Å²) in [5, 5.41) is 2.80. The number of nitrogens with two attached hydrogens (primary N) is 1. The van der Waals surface area contributed by atoms with E-state index >= 15 is 0 Å². The molecule has 1 aromatic carbocycles. The summed E-state index contributed by atoms with van der Waals surface area (Å²) in [5.74, 6) is -0.206. The molecule has 2 fully saturated rings. The third-order valence-corrected chi connectivity index (χ3v) is 7.22. The van der Waals surface area contributed by atoms with Crippen LogP contribution in [0, 0.1) is 6.92 Å². The van der Waals surface area contributed by atoms with Crippen LogP contribution in [0.25, 0.3) is 0 Å². The fourth-order valence-corrected chi connectivity index (χ4v) is 4.92. The molecule has 0 aromatic heterocycles. The molecule has 2 aliphatic rings. The standard InChI is InChI=1S/C17H25N3O3S.ClH/c1-12-2-4-13(5-3-12)16(18)17(21)19-14-8-10-20(11-9-14)24(22,23)15-6-7-15;/h2-5,14-16H,6-11,18H2,1H3,(H,19,21);1H. The van der Waals surface area contributed by atoms with Crippen molar-refractivity contribution >= 4 is 28.3 Å². The van der Waals surface area contributed by atoms with Crippen molar-refractivity contribution in [2.24, 2.45) is 5.73 Å². The summed E-state index contributed by atoms with van der Waals surface area (Å²) < 4.78 is 26.0. The molecule has 140 valence electrons. The zero-order valence-corrected chi connectivity index (χ0v) is 16.0. The van der Waals surface area contributed by atoms with Crippen LogP contribution in [0.2, 0.25) is 0 Å². The number of hydrogen-bond donors (Lipinski definition) is 2. The van der Waals surface area contributed by atoms with Gasteiger partial charge in [0.2, 0.25) is 15.9 Å². The lowest BCUT2D eigenvalue weighted by Gasteiger charge is -2.32. The third-order valence-electron chi connectivity index (χ3n) is 4.82. The van der Waals surface area contributed by atoms with Gasteiger partial charge in [-0.25, -0.2) is 12.7 Å². The van der Waals surface area contributed by atoms with E-state index in [2.05, 4.69) is 5.32 Å². The van der Waals surface area contributed by atoms with Gasteiger partial charge in [0.25, 0.3) is 0 Å². The molecule has 0 bridgehead atoms. The lowest BCUT2D eigenvalue weighted by atomic mass is 10.0. The van der Waals surface area contributed by atoms with Crippen molar-refractivity contribution < 1.29 is 13.2 Å². The number of hydrogen-bond acceptors (Lipinski definition) is 4. The number of nitrogens with zero attached hydrogens (tertiary/aromatic N) is 1. The molecule has 1 amide bonds. The molecule has 0 radical (unpaired) electrons. The van der Waals surface area contributed by atoms with E-state index in [4.69, 9.17) is 5.73 Å². The van der Waals surface area contributed by atoms with Crippen LogP contribution in [0.15, 0.2) is 24.3 Å². The highest BCUT2D eigenvalue weighted by Crippen LogP contribution is 2.32. The minimum absolute atomic E-state index is 0. The van der Waals surface area contributed by atoms with Crippen molar-refractivity contribution in [2.45, 2.75) is 49.9 Å². The summed E-state index contributed by atoms with van der Waals surface area (Å²) >= 11 is 0. The zero-order chi connectivity index (χ0) is 17.3. The molecule has 1 atom stereocenters. The Bertz CT molecular complexity index is 696. The molecule has 1 aromatic rings. The van der Waals surface area contributed by atoms with Gasteiger partial charge in [0, 0.05) is 19.1 Å². The highest BCUT2D eigenvalue weighted by molar-refractivity contribution is 7.90. The van der Waals surface area contributed by atoms with E-state index < -0.39 is 16.1 Å². The van der Waals surface area contributed by atoms with E-state index in [0.29, 0.717) is 25.9 Å². The monoisotopic (exact) mass is 387 g/mol. The maximum Gasteiger partial charge on any atom is 0.241 e. The molecular formula is C17H26ClN3O3S. The number of carbonyl (C=O) groups is 1. The molecule has 1 unspecified atom stereocenters. The normalized spacial score (nSPS) is 20.6. The van der Waals surface area contributed by atoms with Crippen LogP contribution in [-0.4, -0.2) is 43.0 Å². The van der Waals surface area contributed by atoms with Crippen LogP contribution in [0.5, 0.6) is 0 Å². The predicted octanol–water partition coefficient (Wildman–Crippen LogP) is 1.49. The Morgan fingerprint density at radius 1 is 1.16 bits per heavy atom. The molecule has 3 N–H and O–H groups in total. The molecule has 0 spiro atoms. The Morgan fingerprint density at radius 2 is 1.72 bits per heavy atom. The zero-order valence-electron chi connectivity index (χ0n) is 14.3. The van der Waals surface area contributed by atoms with Crippen LogP contribution in [0.4, 0.5) is 0 Å². The van der Waals surface area contributed by atoms with Crippen molar-refractivity contribution in [3.05, 3.63) is 35.4 Å². The summed E-state index contributed by atoms with van der Waals surface area (Å²) in [5.41, 5.74) is 7.94. The number of halogens is 1. The second-order valence-electron chi connectivity index (χ2n) is 6.81. The van der Waals surface area contributed by atoms with Gasteiger partial charge in [0.05, 0.1) is 5.25 Å². The van der Waals surface area contributed by atoms with Crippen molar-refractivity contribution in [2.75, 3.05) is 13.1 Å². The first-order valence-corrected chi connectivity index (χ1v) is 10.00. The predicted molar refractivity (Wildman–Crippen MR) is 100 cm³/mol. The van der Waals surface area contributed by atoms with Crippen LogP contribution in [0.1, 0.15) is 42.9 Å². The maximum absolute atomic E-state index is 12.3. The van der Waals surface area contributed by atoms with Crippen LogP contribution >= 0.6 is 12.4 Å². The molecule has 1 aliphatic carbocycles. The Hall–Kier alpha value is -1.15. The van der Waals surface area contributed by atoms with E-state index in [-0.39, 0.29) is 29.6 Å². The van der Waals surface area contributed by atoms with Gasteiger partial charge in [-0.1, -0.05) is 29.8 Å². The number of aryl methyl sites for hydroxylation is 1. The molecule has 8 heteroatoms. The lowest BCUT2D eigenvalue weighted by molar-refractivity contribution is -0.123. The maximum atomic E-state index is 12.3. The molecule has 3 rings (SSSR count). The quantitative estimate of drug-likeness (QED) is 0.800. The van der Waals surface area contributed by atoms with E-state index in [1.54, 1.807) is 4.31 Å². The summed E-state index contributed by atoms with van der Waals surface area (Å²) in [6.07, 6.45) is 2.84. The fraction of sp³-hybridized carbons (Fsp3) is 0.588. The fourth-order valence-electron chi connectivity index (χ4n) is 3.05. The van der Waals surface area contributed by atoms with E-state index in [9.17, 15) is 13.2 Å². The number of rotatable bonds is 5. The van der Waals surface area contributed by atoms with Gasteiger partial charge >= 0.3 is 0 Å². The van der Waals surface area contributed by atoms with Crippen molar-refractivity contribution in [3.63, 3.8) is 0 Å². The molecule has 25 heavy (non-hydrogen) atoms. The van der Waals surface area contributed by atoms with Crippen molar-refractivity contribution in [1.82, 2.24) is 9.62 Å². The Balaban J connectivity index is 0.00000225. The van der Waals surface area contributed by atoms with E-state index in [1.165, 1.54) is 0 Å². The van der Waals surface area contributed by atoms with Crippen LogP contribution in [-0.2, 0) is 14.8 Å². The number of nitrogens with one attached hydrogen (secondary N) is 1. The number of amides is 1. The molecule has 1 heterocycles. The molecular weight excluding hydrogens is 362 g/mol. The van der Waals surface area contributed by atoms with Crippen LogP contribution in [0.3, 0.4) is 0 Å².